The lowest BCUT2D eigenvalue weighted by molar-refractivity contribution is -0.120. The van der Waals surface area contributed by atoms with Crippen LogP contribution >= 0.6 is 23.1 Å². The van der Waals surface area contributed by atoms with Gasteiger partial charge >= 0.3 is 0 Å². The lowest BCUT2D eigenvalue weighted by atomic mass is 9.98. The second-order valence-corrected chi connectivity index (χ2v) is 10.6. The molecule has 0 spiro atoms. The fraction of sp³-hybridized carbons (Fsp3) is 0.435. The summed E-state index contributed by atoms with van der Waals surface area (Å²) in [6.07, 6.45) is 1.94. The number of H-pyrrole nitrogens is 1. The first kappa shape index (κ1) is 22.7. The molecule has 1 aliphatic heterocycles. The first-order valence-electron chi connectivity index (χ1n) is 10.7. The number of thioether (sulfide) groups is 1. The van der Waals surface area contributed by atoms with E-state index in [1.54, 1.807) is 18.3 Å². The van der Waals surface area contributed by atoms with Gasteiger partial charge in [0.25, 0.3) is 5.56 Å². The third-order valence-corrected chi connectivity index (χ3v) is 7.68. The van der Waals surface area contributed by atoms with Crippen LogP contribution in [0.4, 0.5) is 0 Å². The molecule has 0 radical (unpaired) electrons. The molecule has 1 aromatic carbocycles. The minimum atomic E-state index is -0.412. The number of thiophene rings is 1. The van der Waals surface area contributed by atoms with Crippen molar-refractivity contribution in [1.82, 2.24) is 15.3 Å². The van der Waals surface area contributed by atoms with Gasteiger partial charge in [0.1, 0.15) is 4.83 Å². The Kier molecular flexibility index (Phi) is 6.76. The Hall–Kier alpha value is -2.52. The van der Waals surface area contributed by atoms with Crippen molar-refractivity contribution in [3.63, 3.8) is 0 Å². The molecule has 32 heavy (non-hydrogen) atoms. The van der Waals surface area contributed by atoms with Crippen molar-refractivity contribution < 1.29 is 14.3 Å². The highest BCUT2D eigenvalue weighted by atomic mass is 32.2. The first-order valence-corrected chi connectivity index (χ1v) is 12.4. The molecule has 0 bridgehead atoms. The van der Waals surface area contributed by atoms with Crippen molar-refractivity contribution in [2.24, 2.45) is 5.92 Å². The lowest BCUT2D eigenvalue weighted by Crippen LogP contribution is -2.30. The number of amides is 1. The maximum Gasteiger partial charge on any atom is 0.260 e. The highest BCUT2D eigenvalue weighted by molar-refractivity contribution is 8.00. The van der Waals surface area contributed by atoms with Crippen LogP contribution in [0, 0.1) is 12.8 Å². The summed E-state index contributed by atoms with van der Waals surface area (Å²) in [6, 6.07) is 5.60. The molecule has 2 aromatic heterocycles. The second-order valence-electron chi connectivity index (χ2n) is 8.07. The second kappa shape index (κ2) is 9.54. The van der Waals surface area contributed by atoms with Gasteiger partial charge in [-0.3, -0.25) is 9.59 Å². The van der Waals surface area contributed by atoms with E-state index in [9.17, 15) is 9.59 Å². The summed E-state index contributed by atoms with van der Waals surface area (Å²) in [7, 11) is 0. The van der Waals surface area contributed by atoms with E-state index in [0.717, 1.165) is 33.7 Å². The van der Waals surface area contributed by atoms with Crippen LogP contribution in [0.2, 0.25) is 0 Å². The highest BCUT2D eigenvalue weighted by Gasteiger charge is 2.20. The molecule has 9 heteroatoms. The zero-order chi connectivity index (χ0) is 22.8. The topological polar surface area (TPSA) is 93.3 Å². The van der Waals surface area contributed by atoms with Crippen molar-refractivity contribution in [3.05, 3.63) is 44.6 Å². The van der Waals surface area contributed by atoms with Gasteiger partial charge in [-0.2, -0.15) is 0 Å². The molecule has 4 rings (SSSR count). The maximum absolute atomic E-state index is 12.8. The van der Waals surface area contributed by atoms with Crippen LogP contribution in [0.1, 0.15) is 43.2 Å². The molecule has 170 valence electrons. The highest BCUT2D eigenvalue weighted by Crippen LogP contribution is 2.33. The van der Waals surface area contributed by atoms with E-state index in [-0.39, 0.29) is 18.3 Å². The molecule has 0 fully saturated rings. The van der Waals surface area contributed by atoms with Crippen LogP contribution in [-0.2, 0) is 17.8 Å². The normalized spacial score (nSPS) is 14.5. The third kappa shape index (κ3) is 4.78. The molecule has 0 saturated heterocycles. The van der Waals surface area contributed by atoms with E-state index in [0.29, 0.717) is 34.5 Å². The van der Waals surface area contributed by atoms with E-state index in [4.69, 9.17) is 9.47 Å². The zero-order valence-electron chi connectivity index (χ0n) is 18.6. The Morgan fingerprint density at radius 3 is 2.88 bits per heavy atom. The number of nitrogens with zero attached hydrogens (tertiary/aromatic N) is 1. The fourth-order valence-corrected chi connectivity index (χ4v) is 5.49. The van der Waals surface area contributed by atoms with E-state index in [1.165, 1.54) is 11.8 Å². The number of carbonyl (C=O) groups is 1. The summed E-state index contributed by atoms with van der Waals surface area (Å²) in [6.45, 7) is 8.80. The largest absolute Gasteiger partial charge is 0.454 e. The summed E-state index contributed by atoms with van der Waals surface area (Å²) in [5, 5.41) is 3.67. The monoisotopic (exact) mass is 473 g/mol. The van der Waals surface area contributed by atoms with E-state index >= 15 is 0 Å². The molecule has 2 atom stereocenters. The quantitative estimate of drug-likeness (QED) is 0.372. The van der Waals surface area contributed by atoms with Crippen molar-refractivity contribution in [2.45, 2.75) is 57.5 Å². The van der Waals surface area contributed by atoms with Crippen LogP contribution in [0.5, 0.6) is 11.5 Å². The molecule has 3 heterocycles. The number of aromatic amines is 1. The van der Waals surface area contributed by atoms with Crippen LogP contribution in [0.3, 0.4) is 0 Å². The Morgan fingerprint density at radius 1 is 1.31 bits per heavy atom. The predicted octanol–water partition coefficient (Wildman–Crippen LogP) is 4.41. The van der Waals surface area contributed by atoms with Gasteiger partial charge in [0.15, 0.2) is 16.7 Å². The van der Waals surface area contributed by atoms with E-state index < -0.39 is 5.25 Å². The predicted molar refractivity (Wildman–Crippen MR) is 128 cm³/mol. The molecule has 7 nitrogen and oxygen atoms in total. The molecule has 0 saturated carbocycles. The number of aryl methyl sites for hydroxylation is 1. The number of aromatic nitrogens is 2. The Labute approximate surface area is 194 Å². The van der Waals surface area contributed by atoms with Gasteiger partial charge in [-0.05, 0) is 49.4 Å². The van der Waals surface area contributed by atoms with E-state index in [1.807, 2.05) is 25.1 Å². The number of rotatable bonds is 8. The third-order valence-electron chi connectivity index (χ3n) is 5.65. The van der Waals surface area contributed by atoms with E-state index in [2.05, 4.69) is 29.1 Å². The van der Waals surface area contributed by atoms with Gasteiger partial charge < -0.3 is 19.8 Å². The summed E-state index contributed by atoms with van der Waals surface area (Å²) in [5.41, 5.74) is 1.89. The molecule has 3 aromatic rings. The standard InChI is InChI=1S/C23H27N3O4S2/c1-5-12(2)8-16-13(3)31-22-19(16)21(28)25-23(26-22)32-14(4)20(27)24-10-15-6-7-17-18(9-15)30-11-29-17/h6-7,9,12,14H,5,8,10-11H2,1-4H3,(H,24,27)(H,25,26,28)/t12-,14+/m0/s1. The molecular weight excluding hydrogens is 446 g/mol. The number of carbonyl (C=O) groups excluding carboxylic acids is 1. The first-order chi connectivity index (χ1) is 15.4. The zero-order valence-corrected chi connectivity index (χ0v) is 20.2. The van der Waals surface area contributed by atoms with Gasteiger partial charge in [-0.1, -0.05) is 38.1 Å². The SMILES string of the molecule is CC[C@H](C)Cc1c(C)sc2nc(S[C@H](C)C(=O)NCc3ccc4c(c3)OCO4)[nH]c(=O)c12. The molecule has 1 aliphatic rings. The summed E-state index contributed by atoms with van der Waals surface area (Å²) < 4.78 is 10.7. The summed E-state index contributed by atoms with van der Waals surface area (Å²) in [4.78, 5) is 34.8. The maximum atomic E-state index is 12.8. The average molecular weight is 474 g/mol. The van der Waals surface area contributed by atoms with Crippen molar-refractivity contribution in [2.75, 3.05) is 6.79 Å². The number of fused-ring (bicyclic) bond motifs is 2. The Morgan fingerprint density at radius 2 is 2.09 bits per heavy atom. The van der Waals surface area contributed by atoms with Gasteiger partial charge in [-0.15, -0.1) is 11.3 Å². The lowest BCUT2D eigenvalue weighted by Gasteiger charge is -2.12. The molecule has 2 N–H and O–H groups in total. The smallest absolute Gasteiger partial charge is 0.260 e. The van der Waals surface area contributed by atoms with Crippen LogP contribution in [0.15, 0.2) is 28.2 Å². The number of hydrogen-bond donors (Lipinski definition) is 2. The molecule has 1 amide bonds. The minimum absolute atomic E-state index is 0.129. The summed E-state index contributed by atoms with van der Waals surface area (Å²) in [5.74, 6) is 1.78. The number of hydrogen-bond acceptors (Lipinski definition) is 7. The van der Waals surface area contributed by atoms with Crippen molar-refractivity contribution >= 4 is 39.2 Å². The number of ether oxygens (including phenoxy) is 2. The number of benzene rings is 1. The van der Waals surface area contributed by atoms with Gasteiger partial charge in [0.05, 0.1) is 10.6 Å². The minimum Gasteiger partial charge on any atom is -0.454 e. The van der Waals surface area contributed by atoms with Crippen molar-refractivity contribution in [1.29, 1.82) is 0 Å². The Balaban J connectivity index is 1.43. The van der Waals surface area contributed by atoms with Crippen molar-refractivity contribution in [3.8, 4) is 11.5 Å². The summed E-state index contributed by atoms with van der Waals surface area (Å²) >= 11 is 2.80. The van der Waals surface area contributed by atoms with Crippen LogP contribution < -0.4 is 20.3 Å². The van der Waals surface area contributed by atoms with Gasteiger partial charge in [0, 0.05) is 11.4 Å². The fourth-order valence-electron chi connectivity index (χ4n) is 3.55. The number of nitrogens with one attached hydrogen (secondary N) is 2. The molecule has 0 unspecified atom stereocenters. The van der Waals surface area contributed by atoms with Gasteiger partial charge in [-0.25, -0.2) is 4.98 Å². The average Bonchev–Trinajstić information content (AvgIpc) is 3.35. The van der Waals surface area contributed by atoms with Gasteiger partial charge in [0.2, 0.25) is 12.7 Å². The Bertz CT molecular complexity index is 1200. The molecule has 0 aliphatic carbocycles. The van der Waals surface area contributed by atoms with Crippen LogP contribution in [-0.4, -0.2) is 27.9 Å². The molecular formula is C23H27N3O4S2. The van der Waals surface area contributed by atoms with Crippen LogP contribution in [0.25, 0.3) is 10.2 Å².